The topological polar surface area (TPSA) is 228 Å². The highest BCUT2D eigenvalue weighted by atomic mass is 16.4. The number of carbonyl (C=O) groups excluding carboxylic acids is 1. The molecule has 228 valence electrons. The van der Waals surface area contributed by atoms with E-state index in [1.807, 2.05) is 23.8 Å². The van der Waals surface area contributed by atoms with Gasteiger partial charge < -0.3 is 41.1 Å². The number of Topliss-reactive ketones (excluding diaryl/α,β-unsaturated/α-hetero) is 1. The number of hydrogen-bond acceptors (Lipinski definition) is 11. The first-order valence-electron chi connectivity index (χ1n) is 12.6. The Hall–Kier alpha value is -2.20. The van der Waals surface area contributed by atoms with Crippen molar-refractivity contribution in [3.8, 4) is 0 Å². The molecule has 8 N–H and O–H groups in total. The lowest BCUT2D eigenvalue weighted by Crippen LogP contribution is -2.40. The summed E-state index contributed by atoms with van der Waals surface area (Å²) in [7, 11) is 1.96. The smallest absolute Gasteiger partial charge is 0.372 e. The van der Waals surface area contributed by atoms with Crippen LogP contribution in [-0.2, 0) is 19.2 Å². The fourth-order valence-corrected chi connectivity index (χ4v) is 2.27. The summed E-state index contributed by atoms with van der Waals surface area (Å²) in [5, 5.41) is 62.4. The SMILES string of the molecule is CCC(C)C(=O)O.CCCNC.O=C(O)CCC(=O)C(=O)O.OCCN(CCO)CCN(CCO)CCO. The Labute approximate surface area is 225 Å². The molecule has 0 saturated heterocycles. The molecule has 0 spiro atoms. The molecule has 14 heteroatoms. The van der Waals surface area contributed by atoms with Crippen molar-refractivity contribution in [2.45, 2.75) is 46.5 Å². The molecule has 0 heterocycles. The molecule has 0 aromatic carbocycles. The number of nitrogens with zero attached hydrogens (tertiary/aromatic N) is 2. The molecule has 0 aromatic heterocycles. The van der Waals surface area contributed by atoms with Crippen LogP contribution in [0.15, 0.2) is 0 Å². The molecule has 0 amide bonds. The number of aliphatic hydroxyl groups excluding tert-OH is 4. The second-order valence-electron chi connectivity index (χ2n) is 7.95. The normalized spacial score (nSPS) is 10.8. The average Bonchev–Trinajstić information content (AvgIpc) is 2.87. The number of carboxylic acids is 3. The monoisotopic (exact) mass is 557 g/mol. The van der Waals surface area contributed by atoms with E-state index in [0.717, 1.165) is 13.0 Å². The second-order valence-corrected chi connectivity index (χ2v) is 7.95. The Bertz CT molecular complexity index is 551. The number of aliphatic carboxylic acids is 3. The standard InChI is InChI=1S/C10H24N2O4.C5H6O5.C5H10O2.C4H11N/c13-7-3-11(4-8-14)1-2-12(5-9-15)6-10-16;6-3(5(9)10)1-2-4(7)8;1-3-4(2)5(6)7;1-3-4-5-2/h13-16H,1-10H2;1-2H2,(H,7,8)(H,9,10);4H,3H2,1-2H3,(H,6,7);5H,3-4H2,1-2H3. The molecular formula is C24H51N3O11. The number of carboxylic acid groups (broad SMARTS) is 3. The molecule has 38 heavy (non-hydrogen) atoms. The van der Waals surface area contributed by atoms with E-state index in [1.54, 1.807) is 6.92 Å². The van der Waals surface area contributed by atoms with E-state index in [1.165, 1.54) is 6.42 Å². The number of nitrogens with one attached hydrogen (secondary N) is 1. The Kier molecular flexibility index (Phi) is 37.0. The summed E-state index contributed by atoms with van der Waals surface area (Å²) in [6.07, 6.45) is 1.08. The van der Waals surface area contributed by atoms with Crippen molar-refractivity contribution in [2.24, 2.45) is 5.92 Å². The number of rotatable bonds is 19. The summed E-state index contributed by atoms with van der Waals surface area (Å²) in [6, 6.07) is 0. The largest absolute Gasteiger partial charge is 0.481 e. The summed E-state index contributed by atoms with van der Waals surface area (Å²) in [4.78, 5) is 43.6. The van der Waals surface area contributed by atoms with Gasteiger partial charge in [0.05, 0.1) is 38.8 Å². The summed E-state index contributed by atoms with van der Waals surface area (Å²) in [5.41, 5.74) is 0. The van der Waals surface area contributed by atoms with E-state index in [4.69, 9.17) is 35.7 Å². The van der Waals surface area contributed by atoms with Crippen LogP contribution in [0.5, 0.6) is 0 Å². The van der Waals surface area contributed by atoms with Gasteiger partial charge in [0.2, 0.25) is 5.78 Å². The summed E-state index contributed by atoms with van der Waals surface area (Å²) < 4.78 is 0. The lowest BCUT2D eigenvalue weighted by atomic mass is 10.1. The van der Waals surface area contributed by atoms with Crippen LogP contribution in [0.4, 0.5) is 0 Å². The summed E-state index contributed by atoms with van der Waals surface area (Å²) in [6.45, 7) is 10.7. The van der Waals surface area contributed by atoms with Crippen LogP contribution in [0.25, 0.3) is 0 Å². The molecular weight excluding hydrogens is 506 g/mol. The van der Waals surface area contributed by atoms with Crippen molar-refractivity contribution in [1.29, 1.82) is 0 Å². The van der Waals surface area contributed by atoms with E-state index in [9.17, 15) is 19.2 Å². The molecule has 0 aliphatic heterocycles. The maximum atomic E-state index is 10.2. The molecule has 0 bridgehead atoms. The van der Waals surface area contributed by atoms with Gasteiger partial charge in [0, 0.05) is 45.7 Å². The molecule has 14 nitrogen and oxygen atoms in total. The highest BCUT2D eigenvalue weighted by molar-refractivity contribution is 6.32. The first-order chi connectivity index (χ1) is 17.9. The van der Waals surface area contributed by atoms with Crippen LogP contribution in [0.2, 0.25) is 0 Å². The van der Waals surface area contributed by atoms with E-state index in [-0.39, 0.29) is 32.3 Å². The average molecular weight is 558 g/mol. The molecule has 1 atom stereocenters. The van der Waals surface area contributed by atoms with Crippen LogP contribution >= 0.6 is 0 Å². The fourth-order valence-electron chi connectivity index (χ4n) is 2.27. The van der Waals surface area contributed by atoms with Crippen LogP contribution < -0.4 is 5.32 Å². The second kappa shape index (κ2) is 32.8. The van der Waals surface area contributed by atoms with Gasteiger partial charge in [-0.05, 0) is 26.4 Å². The zero-order valence-corrected chi connectivity index (χ0v) is 23.3. The predicted molar refractivity (Wildman–Crippen MR) is 142 cm³/mol. The zero-order valence-electron chi connectivity index (χ0n) is 23.3. The quantitative estimate of drug-likeness (QED) is 0.0872. The summed E-state index contributed by atoms with van der Waals surface area (Å²) >= 11 is 0. The maximum absolute atomic E-state index is 10.2. The van der Waals surface area contributed by atoms with Crippen LogP contribution in [0.3, 0.4) is 0 Å². The summed E-state index contributed by atoms with van der Waals surface area (Å²) in [5.74, 6) is -4.71. The van der Waals surface area contributed by atoms with Crippen LogP contribution in [-0.4, -0.2) is 149 Å². The van der Waals surface area contributed by atoms with Crippen molar-refractivity contribution in [3.05, 3.63) is 0 Å². The number of carbonyl (C=O) groups is 4. The van der Waals surface area contributed by atoms with Gasteiger partial charge in [0.1, 0.15) is 0 Å². The third-order valence-electron chi connectivity index (χ3n) is 4.74. The number of hydrogen-bond donors (Lipinski definition) is 8. The predicted octanol–water partition coefficient (Wildman–Crippen LogP) is -1.20. The van der Waals surface area contributed by atoms with Crippen molar-refractivity contribution in [2.75, 3.05) is 79.3 Å². The Balaban J connectivity index is -0.000000224. The number of ketones is 1. The van der Waals surface area contributed by atoms with Crippen LogP contribution in [0.1, 0.15) is 46.5 Å². The highest BCUT2D eigenvalue weighted by Gasteiger charge is 2.12. The minimum Gasteiger partial charge on any atom is -0.481 e. The van der Waals surface area contributed by atoms with Gasteiger partial charge in [-0.15, -0.1) is 0 Å². The first kappa shape index (κ1) is 42.9. The van der Waals surface area contributed by atoms with Gasteiger partial charge in [-0.3, -0.25) is 24.2 Å². The minimum atomic E-state index is -1.58. The van der Waals surface area contributed by atoms with Gasteiger partial charge in [0.25, 0.3) is 0 Å². The third kappa shape index (κ3) is 36.0. The molecule has 0 aliphatic rings. The number of aliphatic hydroxyl groups is 4. The van der Waals surface area contributed by atoms with Gasteiger partial charge in [-0.25, -0.2) is 4.79 Å². The first-order valence-corrected chi connectivity index (χ1v) is 12.6. The van der Waals surface area contributed by atoms with Crippen molar-refractivity contribution < 1.29 is 54.9 Å². The lowest BCUT2D eigenvalue weighted by molar-refractivity contribution is -0.149. The highest BCUT2D eigenvalue weighted by Crippen LogP contribution is 1.97. The molecule has 0 fully saturated rings. The van der Waals surface area contributed by atoms with E-state index in [0.29, 0.717) is 39.3 Å². The van der Waals surface area contributed by atoms with E-state index in [2.05, 4.69) is 12.2 Å². The van der Waals surface area contributed by atoms with Gasteiger partial charge in [-0.2, -0.15) is 0 Å². The van der Waals surface area contributed by atoms with Crippen molar-refractivity contribution >= 4 is 23.7 Å². The molecule has 0 aromatic rings. The molecule has 0 aliphatic carbocycles. The van der Waals surface area contributed by atoms with Gasteiger partial charge in [-0.1, -0.05) is 20.8 Å². The molecule has 0 radical (unpaired) electrons. The fraction of sp³-hybridized carbons (Fsp3) is 0.833. The minimum absolute atomic E-state index is 0.0694. The van der Waals surface area contributed by atoms with Gasteiger partial charge in [0.15, 0.2) is 0 Å². The van der Waals surface area contributed by atoms with Gasteiger partial charge >= 0.3 is 17.9 Å². The Morgan fingerprint density at radius 3 is 1.26 bits per heavy atom. The van der Waals surface area contributed by atoms with E-state index >= 15 is 0 Å². The molecule has 0 saturated carbocycles. The van der Waals surface area contributed by atoms with Crippen LogP contribution in [0, 0.1) is 5.92 Å². The Morgan fingerprint density at radius 1 is 0.711 bits per heavy atom. The van der Waals surface area contributed by atoms with Crippen molar-refractivity contribution in [1.82, 2.24) is 15.1 Å². The maximum Gasteiger partial charge on any atom is 0.372 e. The van der Waals surface area contributed by atoms with Crippen molar-refractivity contribution in [3.63, 3.8) is 0 Å². The van der Waals surface area contributed by atoms with E-state index < -0.39 is 36.5 Å². The molecule has 0 rings (SSSR count). The third-order valence-corrected chi connectivity index (χ3v) is 4.74. The molecule has 1 unspecified atom stereocenters. The Morgan fingerprint density at radius 2 is 1.11 bits per heavy atom. The zero-order chi connectivity index (χ0) is 30.4. The lowest BCUT2D eigenvalue weighted by Gasteiger charge is -2.25.